The second-order valence-corrected chi connectivity index (χ2v) is 5.49. The predicted octanol–water partition coefficient (Wildman–Crippen LogP) is 2.35. The maximum Gasteiger partial charge on any atom is 0.387 e. The van der Waals surface area contributed by atoms with E-state index >= 15 is 0 Å². The van der Waals surface area contributed by atoms with E-state index in [1.807, 2.05) is 0 Å². The van der Waals surface area contributed by atoms with Crippen LogP contribution in [0, 0.1) is 0 Å². The molecule has 1 heterocycles. The van der Waals surface area contributed by atoms with Crippen LogP contribution in [-0.2, 0) is 0 Å². The van der Waals surface area contributed by atoms with E-state index in [9.17, 15) is 13.6 Å². The summed E-state index contributed by atoms with van der Waals surface area (Å²) in [4.78, 5) is 12.2. The van der Waals surface area contributed by atoms with E-state index in [1.54, 1.807) is 5.38 Å². The number of nitrogens with two attached hydrogens (primary N) is 1. The fourth-order valence-corrected chi connectivity index (χ4v) is 2.89. The van der Waals surface area contributed by atoms with Crippen molar-refractivity contribution in [2.24, 2.45) is 5.73 Å². The average molecular weight is 290 g/mol. The molecule has 0 aromatic carbocycles. The Morgan fingerprint density at radius 3 is 2.74 bits per heavy atom. The van der Waals surface area contributed by atoms with Crippen LogP contribution in [0.4, 0.5) is 8.78 Å². The minimum atomic E-state index is -2.92. The Morgan fingerprint density at radius 2 is 2.11 bits per heavy atom. The van der Waals surface area contributed by atoms with E-state index < -0.39 is 6.61 Å². The number of nitrogens with one attached hydrogen (secondary N) is 1. The van der Waals surface area contributed by atoms with Gasteiger partial charge in [0.1, 0.15) is 10.6 Å². The van der Waals surface area contributed by atoms with Gasteiger partial charge in [0.15, 0.2) is 0 Å². The van der Waals surface area contributed by atoms with Gasteiger partial charge in [0.2, 0.25) is 0 Å². The lowest BCUT2D eigenvalue weighted by molar-refractivity contribution is -0.0498. The summed E-state index contributed by atoms with van der Waals surface area (Å²) in [6, 6.07) is 1.64. The molecule has 0 spiro atoms. The first-order valence-corrected chi connectivity index (χ1v) is 7.03. The van der Waals surface area contributed by atoms with Crippen molar-refractivity contribution in [3.63, 3.8) is 0 Å². The Labute approximate surface area is 113 Å². The standard InChI is InChI=1S/C12H16F2N2O2S/c13-12(14)18-9-5-6-19-10(9)11(17)16-8-3-1-7(15)2-4-8/h5-8,12H,1-4,15H2,(H,16,17). The highest BCUT2D eigenvalue weighted by molar-refractivity contribution is 7.12. The summed E-state index contributed by atoms with van der Waals surface area (Å²) in [6.45, 7) is -2.92. The summed E-state index contributed by atoms with van der Waals surface area (Å²) < 4.78 is 28.7. The van der Waals surface area contributed by atoms with Crippen molar-refractivity contribution in [1.82, 2.24) is 5.32 Å². The molecule has 106 valence electrons. The van der Waals surface area contributed by atoms with Gasteiger partial charge >= 0.3 is 6.61 Å². The van der Waals surface area contributed by atoms with Crippen molar-refractivity contribution in [3.8, 4) is 5.75 Å². The van der Waals surface area contributed by atoms with Crippen LogP contribution in [0.15, 0.2) is 11.4 Å². The van der Waals surface area contributed by atoms with Gasteiger partial charge in [-0.2, -0.15) is 8.78 Å². The van der Waals surface area contributed by atoms with Crippen LogP contribution in [0.25, 0.3) is 0 Å². The lowest BCUT2D eigenvalue weighted by Gasteiger charge is -2.26. The van der Waals surface area contributed by atoms with Gasteiger partial charge in [-0.25, -0.2) is 0 Å². The molecule has 4 nitrogen and oxygen atoms in total. The van der Waals surface area contributed by atoms with Crippen molar-refractivity contribution in [3.05, 3.63) is 16.3 Å². The number of carbonyl (C=O) groups excluding carboxylic acids is 1. The molecular weight excluding hydrogens is 274 g/mol. The molecule has 0 radical (unpaired) electrons. The number of hydrogen-bond acceptors (Lipinski definition) is 4. The zero-order chi connectivity index (χ0) is 13.8. The zero-order valence-corrected chi connectivity index (χ0v) is 11.1. The number of ether oxygens (including phenoxy) is 1. The van der Waals surface area contributed by atoms with Crippen molar-refractivity contribution in [2.75, 3.05) is 0 Å². The van der Waals surface area contributed by atoms with Gasteiger partial charge in [-0.1, -0.05) is 0 Å². The fraction of sp³-hybridized carbons (Fsp3) is 0.583. The molecule has 19 heavy (non-hydrogen) atoms. The summed E-state index contributed by atoms with van der Waals surface area (Å²) in [6.07, 6.45) is 3.39. The second-order valence-electron chi connectivity index (χ2n) is 4.58. The van der Waals surface area contributed by atoms with E-state index in [0.717, 1.165) is 37.0 Å². The Bertz CT molecular complexity index is 431. The Kier molecular flexibility index (Phi) is 4.71. The van der Waals surface area contributed by atoms with Gasteiger partial charge in [-0.15, -0.1) is 11.3 Å². The first-order valence-electron chi connectivity index (χ1n) is 6.15. The number of alkyl halides is 2. The largest absolute Gasteiger partial charge is 0.433 e. The molecule has 1 aliphatic rings. The van der Waals surface area contributed by atoms with E-state index in [4.69, 9.17) is 5.73 Å². The second kappa shape index (κ2) is 6.29. The summed E-state index contributed by atoms with van der Waals surface area (Å²) in [5.41, 5.74) is 5.79. The van der Waals surface area contributed by atoms with E-state index in [0.29, 0.717) is 0 Å². The van der Waals surface area contributed by atoms with Crippen LogP contribution < -0.4 is 15.8 Å². The maximum absolute atomic E-state index is 12.2. The molecule has 1 fully saturated rings. The first-order chi connectivity index (χ1) is 9.06. The van der Waals surface area contributed by atoms with Crippen molar-refractivity contribution < 1.29 is 18.3 Å². The molecule has 2 rings (SSSR count). The van der Waals surface area contributed by atoms with Crippen molar-refractivity contribution in [2.45, 2.75) is 44.4 Å². The highest BCUT2D eigenvalue weighted by Crippen LogP contribution is 2.27. The van der Waals surface area contributed by atoms with Gasteiger partial charge in [0.25, 0.3) is 5.91 Å². The molecule has 0 saturated heterocycles. The molecule has 1 amide bonds. The highest BCUT2D eigenvalue weighted by atomic mass is 32.1. The van der Waals surface area contributed by atoms with Crippen LogP contribution in [0.3, 0.4) is 0 Å². The van der Waals surface area contributed by atoms with Crippen LogP contribution >= 0.6 is 11.3 Å². The lowest BCUT2D eigenvalue weighted by atomic mass is 9.92. The molecule has 1 saturated carbocycles. The molecule has 0 aliphatic heterocycles. The minimum Gasteiger partial charge on any atom is -0.433 e. The third-order valence-electron chi connectivity index (χ3n) is 3.16. The maximum atomic E-state index is 12.2. The summed E-state index contributed by atoms with van der Waals surface area (Å²) in [5.74, 6) is -0.420. The highest BCUT2D eigenvalue weighted by Gasteiger charge is 2.23. The summed E-state index contributed by atoms with van der Waals surface area (Å²) >= 11 is 1.09. The van der Waals surface area contributed by atoms with Crippen molar-refractivity contribution >= 4 is 17.2 Å². The van der Waals surface area contributed by atoms with Crippen molar-refractivity contribution in [1.29, 1.82) is 0 Å². The zero-order valence-electron chi connectivity index (χ0n) is 10.3. The Morgan fingerprint density at radius 1 is 1.42 bits per heavy atom. The number of carbonyl (C=O) groups is 1. The monoisotopic (exact) mass is 290 g/mol. The normalized spacial score (nSPS) is 23.4. The van der Waals surface area contributed by atoms with Gasteiger partial charge < -0.3 is 15.8 Å². The molecular formula is C12H16F2N2O2S. The van der Waals surface area contributed by atoms with Crippen LogP contribution in [-0.4, -0.2) is 24.6 Å². The topological polar surface area (TPSA) is 64.3 Å². The smallest absolute Gasteiger partial charge is 0.387 e. The Hall–Kier alpha value is -1.21. The fourth-order valence-electron chi connectivity index (χ4n) is 2.17. The quantitative estimate of drug-likeness (QED) is 0.894. The molecule has 3 N–H and O–H groups in total. The van der Waals surface area contributed by atoms with Gasteiger partial charge in [0, 0.05) is 12.1 Å². The predicted molar refractivity (Wildman–Crippen MR) is 68.6 cm³/mol. The summed E-state index contributed by atoms with van der Waals surface area (Å²) in [7, 11) is 0. The lowest BCUT2D eigenvalue weighted by Crippen LogP contribution is -2.40. The number of hydrogen-bond donors (Lipinski definition) is 2. The molecule has 0 atom stereocenters. The third-order valence-corrected chi connectivity index (χ3v) is 4.05. The number of amides is 1. The molecule has 1 aromatic heterocycles. The van der Waals surface area contributed by atoms with Gasteiger partial charge in [-0.3, -0.25) is 4.79 Å². The summed E-state index contributed by atoms with van der Waals surface area (Å²) in [5, 5.41) is 4.41. The van der Waals surface area contributed by atoms with Crippen LogP contribution in [0.5, 0.6) is 5.75 Å². The third kappa shape index (κ3) is 3.87. The average Bonchev–Trinajstić information content (AvgIpc) is 2.79. The van der Waals surface area contributed by atoms with Crippen LogP contribution in [0.2, 0.25) is 0 Å². The van der Waals surface area contributed by atoms with E-state index in [1.165, 1.54) is 6.07 Å². The van der Waals surface area contributed by atoms with E-state index in [2.05, 4.69) is 10.1 Å². The molecule has 0 bridgehead atoms. The van der Waals surface area contributed by atoms with E-state index in [-0.39, 0.29) is 28.6 Å². The van der Waals surface area contributed by atoms with Crippen LogP contribution in [0.1, 0.15) is 35.4 Å². The molecule has 7 heteroatoms. The Balaban J connectivity index is 1.94. The molecule has 1 aliphatic carbocycles. The molecule has 0 unspecified atom stereocenters. The molecule has 1 aromatic rings. The minimum absolute atomic E-state index is 0.0637. The van der Waals surface area contributed by atoms with Gasteiger partial charge in [-0.05, 0) is 37.1 Å². The number of rotatable bonds is 4. The number of halogens is 2. The first kappa shape index (κ1) is 14.2. The van der Waals surface area contributed by atoms with Gasteiger partial charge in [0.05, 0.1) is 0 Å². The number of thiophene rings is 1. The SMILES string of the molecule is NC1CCC(NC(=O)c2sccc2OC(F)F)CC1.